The number of aliphatic carboxylic acids is 1. The van der Waals surface area contributed by atoms with E-state index in [2.05, 4.69) is 5.32 Å². The van der Waals surface area contributed by atoms with Crippen molar-refractivity contribution in [1.29, 1.82) is 0 Å². The first-order valence-corrected chi connectivity index (χ1v) is 4.63. The van der Waals surface area contributed by atoms with Gasteiger partial charge in [-0.2, -0.15) is 0 Å². The van der Waals surface area contributed by atoms with Crippen molar-refractivity contribution < 1.29 is 19.4 Å². The molecule has 0 aromatic rings. The molecule has 0 radical (unpaired) electrons. The summed E-state index contributed by atoms with van der Waals surface area (Å²) in [6, 6.07) is 0. The van der Waals surface area contributed by atoms with Crippen LogP contribution in [-0.4, -0.2) is 23.6 Å². The van der Waals surface area contributed by atoms with E-state index in [0.29, 0.717) is 11.3 Å². The van der Waals surface area contributed by atoms with E-state index in [0.717, 1.165) is 12.8 Å². The smallest absolute Gasteiger partial charge is 0.340 e. The fourth-order valence-electron chi connectivity index (χ4n) is 0.905. The first kappa shape index (κ1) is 11.3. The second-order valence-electron chi connectivity index (χ2n) is 3.20. The molecule has 2 N–H and O–H groups in total. The Morgan fingerprint density at radius 2 is 2.33 bits per heavy atom. The van der Waals surface area contributed by atoms with Crippen molar-refractivity contribution in [3.05, 3.63) is 23.6 Å². The van der Waals surface area contributed by atoms with Crippen molar-refractivity contribution in [3.63, 3.8) is 0 Å². The van der Waals surface area contributed by atoms with Crippen molar-refractivity contribution in [2.75, 3.05) is 6.54 Å². The van der Waals surface area contributed by atoms with Gasteiger partial charge in [0, 0.05) is 12.6 Å². The van der Waals surface area contributed by atoms with Crippen LogP contribution in [0.1, 0.15) is 19.8 Å². The molecule has 0 aliphatic heterocycles. The lowest BCUT2D eigenvalue weighted by Gasteiger charge is -2.13. The molecule has 15 heavy (non-hydrogen) atoms. The minimum absolute atomic E-state index is 0.215. The SMILES string of the molecule is CC(=CNCC(=O)O)C(=O)OC1=CCC1. The second kappa shape index (κ2) is 5.19. The van der Waals surface area contributed by atoms with E-state index in [4.69, 9.17) is 9.84 Å². The normalized spacial score (nSPS) is 15.0. The average molecular weight is 211 g/mol. The van der Waals surface area contributed by atoms with Crippen molar-refractivity contribution in [2.45, 2.75) is 19.8 Å². The molecule has 5 heteroatoms. The van der Waals surface area contributed by atoms with Crippen molar-refractivity contribution >= 4 is 11.9 Å². The van der Waals surface area contributed by atoms with Crippen LogP contribution in [0.15, 0.2) is 23.6 Å². The van der Waals surface area contributed by atoms with Crippen LogP contribution >= 0.6 is 0 Å². The van der Waals surface area contributed by atoms with Gasteiger partial charge in [-0.15, -0.1) is 0 Å². The van der Waals surface area contributed by atoms with E-state index in [1.165, 1.54) is 6.20 Å². The maximum Gasteiger partial charge on any atom is 0.340 e. The summed E-state index contributed by atoms with van der Waals surface area (Å²) in [5.41, 5.74) is 0.351. The maximum absolute atomic E-state index is 11.3. The van der Waals surface area contributed by atoms with Crippen LogP contribution in [0, 0.1) is 0 Å². The van der Waals surface area contributed by atoms with Gasteiger partial charge in [0.2, 0.25) is 0 Å². The standard InChI is InChI=1S/C10H13NO4/c1-7(5-11-6-9(12)13)10(14)15-8-3-2-4-8/h3,5,11H,2,4,6H2,1H3,(H,12,13). The minimum atomic E-state index is -0.978. The van der Waals surface area contributed by atoms with Crippen LogP contribution in [0.25, 0.3) is 0 Å². The number of nitrogens with one attached hydrogen (secondary N) is 1. The molecule has 1 rings (SSSR count). The third-order valence-electron chi connectivity index (χ3n) is 1.88. The van der Waals surface area contributed by atoms with Crippen LogP contribution in [0.5, 0.6) is 0 Å². The largest absolute Gasteiger partial charge is 0.480 e. The Morgan fingerprint density at radius 1 is 1.67 bits per heavy atom. The number of carbonyl (C=O) groups is 2. The van der Waals surface area contributed by atoms with Gasteiger partial charge in [-0.1, -0.05) is 0 Å². The molecule has 82 valence electrons. The lowest BCUT2D eigenvalue weighted by molar-refractivity contribution is -0.137. The van der Waals surface area contributed by atoms with Gasteiger partial charge in [-0.05, 0) is 19.4 Å². The number of hydrogen-bond acceptors (Lipinski definition) is 4. The highest BCUT2D eigenvalue weighted by molar-refractivity contribution is 5.88. The zero-order chi connectivity index (χ0) is 11.3. The fourth-order valence-corrected chi connectivity index (χ4v) is 0.905. The third kappa shape index (κ3) is 3.84. The summed E-state index contributed by atoms with van der Waals surface area (Å²) in [4.78, 5) is 21.5. The Balaban J connectivity index is 2.33. The molecule has 0 aromatic carbocycles. The van der Waals surface area contributed by atoms with Crippen molar-refractivity contribution in [2.24, 2.45) is 0 Å². The monoisotopic (exact) mass is 211 g/mol. The van der Waals surface area contributed by atoms with Gasteiger partial charge in [0.15, 0.2) is 0 Å². The summed E-state index contributed by atoms with van der Waals surface area (Å²) < 4.78 is 4.97. The maximum atomic E-state index is 11.3. The van der Waals surface area contributed by atoms with Crippen LogP contribution < -0.4 is 5.32 Å². The van der Waals surface area contributed by atoms with E-state index in [1.54, 1.807) is 6.92 Å². The lowest BCUT2D eigenvalue weighted by Crippen LogP contribution is -2.19. The first-order chi connectivity index (χ1) is 7.09. The molecule has 0 aromatic heterocycles. The molecular formula is C10H13NO4. The molecule has 0 unspecified atom stereocenters. The van der Waals surface area contributed by atoms with Crippen LogP contribution in [-0.2, 0) is 14.3 Å². The Labute approximate surface area is 87.4 Å². The number of hydrogen-bond donors (Lipinski definition) is 2. The summed E-state index contributed by atoms with van der Waals surface area (Å²) >= 11 is 0. The van der Waals surface area contributed by atoms with Gasteiger partial charge in [0.05, 0.1) is 5.57 Å². The molecule has 1 aliphatic carbocycles. The highest BCUT2D eigenvalue weighted by atomic mass is 16.5. The summed E-state index contributed by atoms with van der Waals surface area (Å²) in [6.45, 7) is 1.35. The minimum Gasteiger partial charge on any atom is -0.480 e. The predicted molar refractivity (Wildman–Crippen MR) is 52.8 cm³/mol. The van der Waals surface area contributed by atoms with Crippen LogP contribution in [0.4, 0.5) is 0 Å². The van der Waals surface area contributed by atoms with Crippen molar-refractivity contribution in [1.82, 2.24) is 5.32 Å². The molecule has 0 spiro atoms. The quantitative estimate of drug-likeness (QED) is 0.519. The Kier molecular flexibility index (Phi) is 3.91. The molecule has 0 fully saturated rings. The molecule has 0 atom stereocenters. The highest BCUT2D eigenvalue weighted by Gasteiger charge is 2.13. The predicted octanol–water partition coefficient (Wildman–Crippen LogP) is 0.785. The zero-order valence-corrected chi connectivity index (χ0v) is 8.45. The number of carboxylic acids is 1. The number of allylic oxidation sites excluding steroid dienone is 2. The molecular weight excluding hydrogens is 198 g/mol. The Hall–Kier alpha value is -1.78. The summed E-state index contributed by atoms with van der Waals surface area (Å²) in [5.74, 6) is -0.737. The van der Waals surface area contributed by atoms with Gasteiger partial charge in [0.1, 0.15) is 12.3 Å². The third-order valence-corrected chi connectivity index (χ3v) is 1.88. The zero-order valence-electron chi connectivity index (χ0n) is 8.45. The summed E-state index contributed by atoms with van der Waals surface area (Å²) in [5, 5.41) is 10.8. The van der Waals surface area contributed by atoms with E-state index < -0.39 is 11.9 Å². The van der Waals surface area contributed by atoms with E-state index in [9.17, 15) is 9.59 Å². The summed E-state index contributed by atoms with van der Waals surface area (Å²) in [7, 11) is 0. The van der Waals surface area contributed by atoms with Crippen LogP contribution in [0.3, 0.4) is 0 Å². The first-order valence-electron chi connectivity index (χ1n) is 4.63. The summed E-state index contributed by atoms with van der Waals surface area (Å²) in [6.07, 6.45) is 4.93. The van der Waals surface area contributed by atoms with E-state index in [-0.39, 0.29) is 6.54 Å². The molecule has 0 amide bonds. The number of esters is 1. The number of carboxylic acid groups (broad SMARTS) is 1. The van der Waals surface area contributed by atoms with E-state index in [1.807, 2.05) is 6.08 Å². The Bertz CT molecular complexity index is 330. The molecule has 0 heterocycles. The molecule has 0 saturated carbocycles. The lowest BCUT2D eigenvalue weighted by atomic mass is 10.1. The second-order valence-corrected chi connectivity index (χ2v) is 3.20. The number of carbonyl (C=O) groups excluding carboxylic acids is 1. The van der Waals surface area contributed by atoms with Gasteiger partial charge >= 0.3 is 11.9 Å². The molecule has 0 saturated heterocycles. The van der Waals surface area contributed by atoms with Gasteiger partial charge in [-0.3, -0.25) is 4.79 Å². The van der Waals surface area contributed by atoms with E-state index >= 15 is 0 Å². The topological polar surface area (TPSA) is 75.6 Å². The Morgan fingerprint density at radius 3 is 2.80 bits per heavy atom. The van der Waals surface area contributed by atoms with Gasteiger partial charge < -0.3 is 15.2 Å². The van der Waals surface area contributed by atoms with Gasteiger partial charge in [0.25, 0.3) is 0 Å². The number of ether oxygens (including phenoxy) is 1. The molecule has 0 bridgehead atoms. The number of rotatable bonds is 5. The fraction of sp³-hybridized carbons (Fsp3) is 0.400. The molecule has 5 nitrogen and oxygen atoms in total. The molecule has 1 aliphatic rings. The van der Waals surface area contributed by atoms with Crippen molar-refractivity contribution in [3.8, 4) is 0 Å². The average Bonchev–Trinajstić information content (AvgIpc) is 2.10. The highest BCUT2D eigenvalue weighted by Crippen LogP contribution is 2.19. The van der Waals surface area contributed by atoms with Gasteiger partial charge in [-0.25, -0.2) is 4.79 Å². The van der Waals surface area contributed by atoms with Crippen LogP contribution in [0.2, 0.25) is 0 Å².